The van der Waals surface area contributed by atoms with Crippen molar-refractivity contribution in [1.82, 2.24) is 0 Å². The molecule has 0 spiro atoms. The van der Waals surface area contributed by atoms with E-state index in [2.05, 4.69) is 31.2 Å². The zero-order chi connectivity index (χ0) is 26.0. The monoisotopic (exact) mass is 510 g/mol. The molecule has 2 N–H and O–H groups in total. The maximum Gasteiger partial charge on any atom is 0.371 e. The number of thioether (sulfide) groups is 1. The number of unbranched alkanes of at least 4 members (excludes halogenated alkanes) is 6. The number of aromatic carboxylic acids is 1. The fourth-order valence-corrected chi connectivity index (χ4v) is 5.80. The van der Waals surface area contributed by atoms with Crippen LogP contribution < -0.4 is 5.43 Å². The standard InChI is InChI=1S/C30H38O5S/c1-3-5-6-7-8-9-10-11-22-12-14-23(15-13-22)21-30(34,18-4-2)36-24-16-17-25-26(31)20-28(29(32)33)35-27(25)19-24/h12-17,19-20,34H,3-11,18,21H2,1-2H3,(H,32,33)/t30-/m0/s1. The molecular formula is C30H38O5S. The van der Waals surface area contributed by atoms with Gasteiger partial charge in [-0.15, -0.1) is 0 Å². The Hall–Kier alpha value is -2.57. The number of rotatable bonds is 15. The first-order valence-electron chi connectivity index (χ1n) is 13.1. The zero-order valence-corrected chi connectivity index (χ0v) is 22.2. The SMILES string of the molecule is CCCCCCCCCc1ccc(C[C@](O)(CCC)Sc2ccc3c(=O)cc(C(=O)O)oc3c2)cc1. The molecule has 0 bridgehead atoms. The van der Waals surface area contributed by atoms with Crippen LogP contribution in [0.1, 0.15) is 93.3 Å². The number of carbonyl (C=O) groups is 1. The minimum absolute atomic E-state index is 0.207. The first-order chi connectivity index (χ1) is 17.3. The third kappa shape index (κ3) is 8.24. The molecular weight excluding hydrogens is 472 g/mol. The summed E-state index contributed by atoms with van der Waals surface area (Å²) in [6.45, 7) is 4.28. The van der Waals surface area contributed by atoms with Crippen LogP contribution in [0.4, 0.5) is 0 Å². The highest BCUT2D eigenvalue weighted by atomic mass is 32.2. The minimum Gasteiger partial charge on any atom is -0.475 e. The Balaban J connectivity index is 1.64. The largest absolute Gasteiger partial charge is 0.475 e. The van der Waals surface area contributed by atoms with Gasteiger partial charge in [-0.1, -0.05) is 94.8 Å². The maximum absolute atomic E-state index is 12.2. The van der Waals surface area contributed by atoms with Gasteiger partial charge in [-0.25, -0.2) is 4.79 Å². The van der Waals surface area contributed by atoms with Crippen molar-refractivity contribution in [3.63, 3.8) is 0 Å². The number of benzene rings is 2. The van der Waals surface area contributed by atoms with E-state index in [9.17, 15) is 19.8 Å². The average Bonchev–Trinajstić information content (AvgIpc) is 2.84. The van der Waals surface area contributed by atoms with E-state index in [1.54, 1.807) is 18.2 Å². The second-order valence-electron chi connectivity index (χ2n) is 9.60. The van der Waals surface area contributed by atoms with Crippen molar-refractivity contribution in [2.45, 2.75) is 94.3 Å². The molecule has 3 aromatic rings. The van der Waals surface area contributed by atoms with Crippen molar-refractivity contribution in [1.29, 1.82) is 0 Å². The molecule has 6 heteroatoms. The Morgan fingerprint density at radius 2 is 1.56 bits per heavy atom. The van der Waals surface area contributed by atoms with Gasteiger partial charge in [0.1, 0.15) is 10.5 Å². The van der Waals surface area contributed by atoms with Gasteiger partial charge in [-0.3, -0.25) is 4.79 Å². The topological polar surface area (TPSA) is 87.7 Å². The van der Waals surface area contributed by atoms with Crippen LogP contribution in [0.5, 0.6) is 0 Å². The van der Waals surface area contributed by atoms with E-state index in [0.717, 1.165) is 29.4 Å². The zero-order valence-electron chi connectivity index (χ0n) is 21.4. The van der Waals surface area contributed by atoms with Crippen LogP contribution in [0.2, 0.25) is 0 Å². The molecule has 0 saturated heterocycles. The summed E-state index contributed by atoms with van der Waals surface area (Å²) in [6, 6.07) is 14.6. The summed E-state index contributed by atoms with van der Waals surface area (Å²) in [7, 11) is 0. The number of carboxylic acids is 1. The van der Waals surface area contributed by atoms with Gasteiger partial charge < -0.3 is 14.6 Å². The van der Waals surface area contributed by atoms with Gasteiger partial charge in [0, 0.05) is 17.4 Å². The minimum atomic E-state index is -1.29. The summed E-state index contributed by atoms with van der Waals surface area (Å²) < 4.78 is 5.42. The quantitative estimate of drug-likeness (QED) is 0.124. The lowest BCUT2D eigenvalue weighted by atomic mass is 10.00. The molecule has 0 fully saturated rings. The van der Waals surface area contributed by atoms with Gasteiger partial charge >= 0.3 is 5.97 Å². The summed E-state index contributed by atoms with van der Waals surface area (Å²) in [4.78, 5) is 23.2. The van der Waals surface area contributed by atoms with Crippen LogP contribution in [0.25, 0.3) is 11.0 Å². The van der Waals surface area contributed by atoms with E-state index in [1.165, 1.54) is 62.3 Å². The normalized spacial score (nSPS) is 13.1. The van der Waals surface area contributed by atoms with Crippen molar-refractivity contribution >= 4 is 28.7 Å². The molecule has 0 saturated carbocycles. The Kier molecular flexibility index (Phi) is 10.6. The summed E-state index contributed by atoms with van der Waals surface area (Å²) >= 11 is 1.32. The van der Waals surface area contributed by atoms with E-state index in [-0.39, 0.29) is 5.58 Å². The van der Waals surface area contributed by atoms with Gasteiger partial charge in [-0.05, 0) is 48.6 Å². The Bertz CT molecular complexity index is 1180. The lowest BCUT2D eigenvalue weighted by Gasteiger charge is -2.27. The molecule has 0 aliphatic carbocycles. The first kappa shape index (κ1) is 28.0. The second-order valence-corrected chi connectivity index (χ2v) is 11.0. The van der Waals surface area contributed by atoms with E-state index < -0.39 is 22.1 Å². The molecule has 36 heavy (non-hydrogen) atoms. The van der Waals surface area contributed by atoms with Gasteiger partial charge in [0.2, 0.25) is 5.76 Å². The van der Waals surface area contributed by atoms with Gasteiger partial charge in [0.05, 0.1) is 5.39 Å². The molecule has 3 rings (SSSR count). The summed E-state index contributed by atoms with van der Waals surface area (Å²) in [5.41, 5.74) is 2.21. The summed E-state index contributed by atoms with van der Waals surface area (Å²) in [6.07, 6.45) is 12.1. The molecule has 194 valence electrons. The third-order valence-corrected chi connectivity index (χ3v) is 7.65. The van der Waals surface area contributed by atoms with Gasteiger partial charge in [0.25, 0.3) is 0 Å². The fourth-order valence-electron chi connectivity index (χ4n) is 4.52. The molecule has 0 aliphatic heterocycles. The number of aryl methyl sites for hydroxylation is 1. The van der Waals surface area contributed by atoms with Crippen molar-refractivity contribution in [2.75, 3.05) is 0 Å². The van der Waals surface area contributed by atoms with Crippen LogP contribution in [-0.4, -0.2) is 21.1 Å². The van der Waals surface area contributed by atoms with Gasteiger partial charge in [0.15, 0.2) is 5.43 Å². The molecule has 0 amide bonds. The van der Waals surface area contributed by atoms with Crippen LogP contribution in [-0.2, 0) is 12.8 Å². The molecule has 1 atom stereocenters. The Morgan fingerprint density at radius 1 is 0.889 bits per heavy atom. The molecule has 1 aromatic heterocycles. The number of hydrogen-bond acceptors (Lipinski definition) is 5. The number of hydrogen-bond donors (Lipinski definition) is 2. The van der Waals surface area contributed by atoms with E-state index in [0.29, 0.717) is 18.2 Å². The van der Waals surface area contributed by atoms with Crippen molar-refractivity contribution in [3.05, 3.63) is 75.6 Å². The highest BCUT2D eigenvalue weighted by Gasteiger charge is 2.28. The second kappa shape index (κ2) is 13.7. The predicted octanol–water partition coefficient (Wildman–Crippen LogP) is 7.61. The van der Waals surface area contributed by atoms with Gasteiger partial charge in [-0.2, -0.15) is 0 Å². The fraction of sp³-hybridized carbons (Fsp3) is 0.467. The predicted molar refractivity (Wildman–Crippen MR) is 147 cm³/mol. The lowest BCUT2D eigenvalue weighted by Crippen LogP contribution is -2.27. The summed E-state index contributed by atoms with van der Waals surface area (Å²) in [5, 5.41) is 21.0. The van der Waals surface area contributed by atoms with E-state index >= 15 is 0 Å². The highest BCUT2D eigenvalue weighted by molar-refractivity contribution is 8.00. The van der Waals surface area contributed by atoms with Crippen LogP contribution >= 0.6 is 11.8 Å². The van der Waals surface area contributed by atoms with E-state index in [1.807, 2.05) is 6.92 Å². The maximum atomic E-state index is 12.2. The molecule has 1 heterocycles. The van der Waals surface area contributed by atoms with Crippen LogP contribution in [0.3, 0.4) is 0 Å². The summed E-state index contributed by atoms with van der Waals surface area (Å²) in [5.74, 6) is -1.68. The molecule has 0 unspecified atom stereocenters. The number of carboxylic acid groups (broad SMARTS) is 1. The molecule has 0 aliphatic rings. The number of fused-ring (bicyclic) bond motifs is 1. The van der Waals surface area contributed by atoms with Crippen LogP contribution in [0.15, 0.2) is 62.6 Å². The molecule has 5 nitrogen and oxygen atoms in total. The number of aliphatic hydroxyl groups is 1. The Labute approximate surface area is 217 Å². The first-order valence-corrected chi connectivity index (χ1v) is 14.0. The molecule has 0 radical (unpaired) electrons. The van der Waals surface area contributed by atoms with Crippen molar-refractivity contribution in [2.24, 2.45) is 0 Å². The third-order valence-electron chi connectivity index (χ3n) is 6.43. The van der Waals surface area contributed by atoms with Crippen molar-refractivity contribution in [3.8, 4) is 0 Å². The average molecular weight is 511 g/mol. The lowest BCUT2D eigenvalue weighted by molar-refractivity contribution is 0.0663. The Morgan fingerprint density at radius 3 is 2.22 bits per heavy atom. The smallest absolute Gasteiger partial charge is 0.371 e. The molecule has 2 aromatic carbocycles. The van der Waals surface area contributed by atoms with Crippen LogP contribution in [0, 0.1) is 0 Å². The van der Waals surface area contributed by atoms with E-state index in [4.69, 9.17) is 4.42 Å². The van der Waals surface area contributed by atoms with Crippen molar-refractivity contribution < 1.29 is 19.4 Å². The highest BCUT2D eigenvalue weighted by Crippen LogP contribution is 2.38.